The topological polar surface area (TPSA) is 29.0 Å². The number of hydrogen-bond donors (Lipinski definition) is 0. The SMILES string of the molecule is Clc1cc(-c2ccncn2)ccc1N1CCCC1. The van der Waals surface area contributed by atoms with Crippen LogP contribution in [0.25, 0.3) is 11.3 Å². The second kappa shape index (κ2) is 4.94. The summed E-state index contributed by atoms with van der Waals surface area (Å²) in [4.78, 5) is 10.5. The summed E-state index contributed by atoms with van der Waals surface area (Å²) in [6, 6.07) is 8.03. The van der Waals surface area contributed by atoms with Gasteiger partial charge < -0.3 is 4.90 Å². The highest BCUT2D eigenvalue weighted by Gasteiger charge is 2.15. The number of halogens is 1. The summed E-state index contributed by atoms with van der Waals surface area (Å²) >= 11 is 6.37. The second-order valence-corrected chi connectivity index (χ2v) is 4.86. The van der Waals surface area contributed by atoms with Gasteiger partial charge in [-0.2, -0.15) is 0 Å². The molecule has 18 heavy (non-hydrogen) atoms. The first-order valence-corrected chi connectivity index (χ1v) is 6.53. The summed E-state index contributed by atoms with van der Waals surface area (Å²) in [6.07, 6.45) is 5.80. The highest BCUT2D eigenvalue weighted by atomic mass is 35.5. The van der Waals surface area contributed by atoms with Crippen molar-refractivity contribution in [3.05, 3.63) is 41.8 Å². The van der Waals surface area contributed by atoms with Crippen molar-refractivity contribution >= 4 is 17.3 Å². The average molecular weight is 260 g/mol. The predicted octanol–water partition coefficient (Wildman–Crippen LogP) is 3.40. The zero-order valence-corrected chi connectivity index (χ0v) is 10.8. The van der Waals surface area contributed by atoms with Gasteiger partial charge in [-0.05, 0) is 31.0 Å². The van der Waals surface area contributed by atoms with Crippen LogP contribution in [0.3, 0.4) is 0 Å². The van der Waals surface area contributed by atoms with Crippen molar-refractivity contribution in [2.75, 3.05) is 18.0 Å². The van der Waals surface area contributed by atoms with E-state index < -0.39 is 0 Å². The maximum atomic E-state index is 6.37. The van der Waals surface area contributed by atoms with E-state index in [0.717, 1.165) is 35.1 Å². The summed E-state index contributed by atoms with van der Waals surface area (Å²) in [5, 5.41) is 0.799. The molecule has 1 aromatic heterocycles. The van der Waals surface area contributed by atoms with E-state index in [-0.39, 0.29) is 0 Å². The van der Waals surface area contributed by atoms with Crippen LogP contribution in [-0.2, 0) is 0 Å². The third-order valence-electron chi connectivity index (χ3n) is 3.27. The molecule has 1 aromatic carbocycles. The third-order valence-corrected chi connectivity index (χ3v) is 3.57. The van der Waals surface area contributed by atoms with Crippen LogP contribution in [0.1, 0.15) is 12.8 Å². The van der Waals surface area contributed by atoms with Gasteiger partial charge in [-0.25, -0.2) is 9.97 Å². The highest BCUT2D eigenvalue weighted by Crippen LogP contribution is 2.32. The van der Waals surface area contributed by atoms with Crippen molar-refractivity contribution in [3.8, 4) is 11.3 Å². The molecule has 3 nitrogen and oxygen atoms in total. The third kappa shape index (κ3) is 2.18. The first-order valence-electron chi connectivity index (χ1n) is 6.15. The summed E-state index contributed by atoms with van der Waals surface area (Å²) in [5.41, 5.74) is 3.07. The van der Waals surface area contributed by atoms with E-state index in [1.807, 2.05) is 12.1 Å². The summed E-state index contributed by atoms with van der Waals surface area (Å²) in [5.74, 6) is 0. The lowest BCUT2D eigenvalue weighted by Gasteiger charge is -2.19. The van der Waals surface area contributed by atoms with Gasteiger partial charge in [-0.15, -0.1) is 0 Å². The van der Waals surface area contributed by atoms with E-state index in [2.05, 4.69) is 27.0 Å². The van der Waals surface area contributed by atoms with Crippen molar-refractivity contribution in [3.63, 3.8) is 0 Å². The molecule has 2 heterocycles. The van der Waals surface area contributed by atoms with E-state index in [0.29, 0.717) is 0 Å². The van der Waals surface area contributed by atoms with Crippen LogP contribution < -0.4 is 4.90 Å². The molecule has 0 bridgehead atoms. The molecule has 0 N–H and O–H groups in total. The summed E-state index contributed by atoms with van der Waals surface area (Å²) in [6.45, 7) is 2.21. The maximum absolute atomic E-state index is 6.37. The molecule has 3 rings (SSSR count). The molecule has 92 valence electrons. The fraction of sp³-hybridized carbons (Fsp3) is 0.286. The lowest BCUT2D eigenvalue weighted by atomic mass is 10.1. The molecule has 1 saturated heterocycles. The van der Waals surface area contributed by atoms with Crippen molar-refractivity contribution in [1.82, 2.24) is 9.97 Å². The van der Waals surface area contributed by atoms with Gasteiger partial charge in [0.2, 0.25) is 0 Å². The molecular weight excluding hydrogens is 246 g/mol. The van der Waals surface area contributed by atoms with Crippen molar-refractivity contribution in [2.24, 2.45) is 0 Å². The number of anilines is 1. The van der Waals surface area contributed by atoms with E-state index >= 15 is 0 Å². The van der Waals surface area contributed by atoms with E-state index in [1.54, 1.807) is 12.5 Å². The van der Waals surface area contributed by atoms with Gasteiger partial charge >= 0.3 is 0 Å². The molecule has 4 heteroatoms. The molecule has 0 saturated carbocycles. The van der Waals surface area contributed by atoms with Crippen LogP contribution in [0, 0.1) is 0 Å². The highest BCUT2D eigenvalue weighted by molar-refractivity contribution is 6.33. The number of aromatic nitrogens is 2. The molecule has 1 aliphatic rings. The van der Waals surface area contributed by atoms with Crippen LogP contribution in [0.15, 0.2) is 36.8 Å². The molecule has 1 fully saturated rings. The van der Waals surface area contributed by atoms with E-state index in [1.165, 1.54) is 12.8 Å². The van der Waals surface area contributed by atoms with Gasteiger partial charge in [0.05, 0.1) is 16.4 Å². The average Bonchev–Trinajstić information content (AvgIpc) is 2.93. The van der Waals surface area contributed by atoms with Gasteiger partial charge in [-0.3, -0.25) is 0 Å². The monoisotopic (exact) mass is 259 g/mol. The van der Waals surface area contributed by atoms with Gasteiger partial charge in [0.25, 0.3) is 0 Å². The lowest BCUT2D eigenvalue weighted by Crippen LogP contribution is -2.17. The van der Waals surface area contributed by atoms with Gasteiger partial charge in [0.15, 0.2) is 0 Å². The normalized spacial score (nSPS) is 15.1. The largest absolute Gasteiger partial charge is 0.370 e. The minimum absolute atomic E-state index is 0.799. The Bertz CT molecular complexity index is 536. The Morgan fingerprint density at radius 2 is 1.94 bits per heavy atom. The lowest BCUT2D eigenvalue weighted by molar-refractivity contribution is 0.949. The standard InChI is InChI=1S/C14H14ClN3/c15-12-9-11(13-5-6-16-10-17-13)3-4-14(12)18-7-1-2-8-18/h3-6,9-10H,1-2,7-8H2. The number of nitrogens with zero attached hydrogens (tertiary/aromatic N) is 3. The maximum Gasteiger partial charge on any atom is 0.116 e. The quantitative estimate of drug-likeness (QED) is 0.828. The van der Waals surface area contributed by atoms with Crippen LogP contribution in [0.5, 0.6) is 0 Å². The Morgan fingerprint density at radius 3 is 2.61 bits per heavy atom. The van der Waals surface area contributed by atoms with Crippen LogP contribution in [0.2, 0.25) is 5.02 Å². The Hall–Kier alpha value is -1.61. The first kappa shape index (κ1) is 11.5. The van der Waals surface area contributed by atoms with Crippen LogP contribution in [-0.4, -0.2) is 23.1 Å². The Labute approximate surface area is 111 Å². The van der Waals surface area contributed by atoms with E-state index in [9.17, 15) is 0 Å². The van der Waals surface area contributed by atoms with E-state index in [4.69, 9.17) is 11.6 Å². The number of benzene rings is 1. The van der Waals surface area contributed by atoms with Crippen molar-refractivity contribution in [1.29, 1.82) is 0 Å². The molecule has 0 atom stereocenters. The van der Waals surface area contributed by atoms with Gasteiger partial charge in [0, 0.05) is 24.8 Å². The summed E-state index contributed by atoms with van der Waals surface area (Å²) < 4.78 is 0. The minimum atomic E-state index is 0.799. The molecule has 0 aliphatic carbocycles. The molecule has 0 unspecified atom stereocenters. The number of rotatable bonds is 2. The number of hydrogen-bond acceptors (Lipinski definition) is 3. The molecule has 0 amide bonds. The summed E-state index contributed by atoms with van der Waals surface area (Å²) in [7, 11) is 0. The van der Waals surface area contributed by atoms with Gasteiger partial charge in [0.1, 0.15) is 6.33 Å². The molecule has 0 radical (unpaired) electrons. The van der Waals surface area contributed by atoms with Crippen LogP contribution >= 0.6 is 11.6 Å². The zero-order chi connectivity index (χ0) is 12.4. The predicted molar refractivity (Wildman–Crippen MR) is 73.9 cm³/mol. The molecule has 2 aromatic rings. The Morgan fingerprint density at radius 1 is 1.11 bits per heavy atom. The second-order valence-electron chi connectivity index (χ2n) is 4.45. The van der Waals surface area contributed by atoms with Crippen molar-refractivity contribution in [2.45, 2.75) is 12.8 Å². The molecule has 0 spiro atoms. The minimum Gasteiger partial charge on any atom is -0.370 e. The van der Waals surface area contributed by atoms with Crippen molar-refractivity contribution < 1.29 is 0 Å². The Kier molecular flexibility index (Phi) is 3.15. The van der Waals surface area contributed by atoms with Crippen LogP contribution in [0.4, 0.5) is 5.69 Å². The smallest absolute Gasteiger partial charge is 0.116 e. The first-order chi connectivity index (χ1) is 8.84. The fourth-order valence-electron chi connectivity index (χ4n) is 2.34. The fourth-order valence-corrected chi connectivity index (χ4v) is 2.64. The molecule has 1 aliphatic heterocycles. The zero-order valence-electron chi connectivity index (χ0n) is 10.0. The molecular formula is C14H14ClN3. The van der Waals surface area contributed by atoms with Gasteiger partial charge in [-0.1, -0.05) is 17.7 Å². The Balaban J connectivity index is 1.94.